The van der Waals surface area contributed by atoms with Crippen LogP contribution in [0.1, 0.15) is 11.1 Å². The highest BCUT2D eigenvalue weighted by Crippen LogP contribution is 2.27. The van der Waals surface area contributed by atoms with Crippen LogP contribution in [0.25, 0.3) is 10.8 Å². The molecule has 96 valence electrons. The molecule has 0 bridgehead atoms. The standard InChI is InChI=1S/C16H11N3S/c17-9-12-5-7-13(8-6-12)11-20-16-15-4-2-1-3-14(15)10-18-19-16/h1-8,10H,11H2. The summed E-state index contributed by atoms with van der Waals surface area (Å²) < 4.78 is 0. The summed E-state index contributed by atoms with van der Waals surface area (Å²) in [5.41, 5.74) is 1.85. The highest BCUT2D eigenvalue weighted by Gasteiger charge is 2.04. The number of aromatic nitrogens is 2. The molecular weight excluding hydrogens is 266 g/mol. The van der Waals surface area contributed by atoms with Gasteiger partial charge in [-0.1, -0.05) is 48.2 Å². The van der Waals surface area contributed by atoms with Crippen LogP contribution in [0.5, 0.6) is 0 Å². The van der Waals surface area contributed by atoms with Crippen molar-refractivity contribution in [2.75, 3.05) is 0 Å². The van der Waals surface area contributed by atoms with Gasteiger partial charge in [0.25, 0.3) is 0 Å². The normalized spacial score (nSPS) is 10.3. The van der Waals surface area contributed by atoms with Crippen molar-refractivity contribution >= 4 is 22.5 Å². The number of fused-ring (bicyclic) bond motifs is 1. The molecule has 3 rings (SSSR count). The zero-order valence-corrected chi connectivity index (χ0v) is 11.5. The Balaban J connectivity index is 1.81. The lowest BCUT2D eigenvalue weighted by Gasteiger charge is -2.04. The molecule has 1 aromatic heterocycles. The first-order valence-corrected chi connectivity index (χ1v) is 7.17. The Bertz CT molecular complexity index is 770. The van der Waals surface area contributed by atoms with Gasteiger partial charge in [0.1, 0.15) is 5.03 Å². The van der Waals surface area contributed by atoms with Crippen LogP contribution in [0.3, 0.4) is 0 Å². The third-order valence-electron chi connectivity index (χ3n) is 3.00. The van der Waals surface area contributed by atoms with E-state index in [-0.39, 0.29) is 0 Å². The SMILES string of the molecule is N#Cc1ccc(CSc2nncc3ccccc23)cc1. The molecule has 0 N–H and O–H groups in total. The summed E-state index contributed by atoms with van der Waals surface area (Å²) in [6.07, 6.45) is 1.78. The van der Waals surface area contributed by atoms with Gasteiger partial charge < -0.3 is 0 Å². The number of rotatable bonds is 3. The van der Waals surface area contributed by atoms with Gasteiger partial charge in [-0.05, 0) is 17.7 Å². The first-order chi connectivity index (χ1) is 9.86. The Hall–Kier alpha value is -2.38. The molecule has 0 fully saturated rings. The molecule has 1 heterocycles. The lowest BCUT2D eigenvalue weighted by molar-refractivity contribution is 0.955. The second-order valence-corrected chi connectivity index (χ2v) is 5.30. The zero-order valence-electron chi connectivity index (χ0n) is 10.7. The Morgan fingerprint density at radius 3 is 2.65 bits per heavy atom. The van der Waals surface area contributed by atoms with E-state index in [4.69, 9.17) is 5.26 Å². The summed E-state index contributed by atoms with van der Waals surface area (Å²) in [6.45, 7) is 0. The van der Waals surface area contributed by atoms with E-state index in [0.29, 0.717) is 5.56 Å². The average Bonchev–Trinajstić information content (AvgIpc) is 2.53. The maximum absolute atomic E-state index is 8.78. The number of benzene rings is 2. The topological polar surface area (TPSA) is 49.6 Å². The summed E-state index contributed by atoms with van der Waals surface area (Å²) in [5.74, 6) is 0.814. The predicted molar refractivity (Wildman–Crippen MR) is 80.3 cm³/mol. The van der Waals surface area contributed by atoms with Crippen LogP contribution in [0.15, 0.2) is 59.8 Å². The van der Waals surface area contributed by atoms with Crippen molar-refractivity contribution in [3.63, 3.8) is 0 Å². The van der Waals surface area contributed by atoms with Crippen molar-refractivity contribution in [1.29, 1.82) is 5.26 Å². The van der Waals surface area contributed by atoms with E-state index in [2.05, 4.69) is 22.3 Å². The monoisotopic (exact) mass is 277 g/mol. The number of hydrogen-bond acceptors (Lipinski definition) is 4. The minimum Gasteiger partial charge on any atom is -0.192 e. The van der Waals surface area contributed by atoms with Gasteiger partial charge in [-0.15, -0.1) is 5.10 Å². The Labute approximate surface area is 121 Å². The summed E-state index contributed by atoms with van der Waals surface area (Å²) in [5, 5.41) is 20.2. The van der Waals surface area contributed by atoms with Gasteiger partial charge in [-0.2, -0.15) is 10.4 Å². The van der Waals surface area contributed by atoms with Crippen molar-refractivity contribution in [2.24, 2.45) is 0 Å². The van der Waals surface area contributed by atoms with E-state index >= 15 is 0 Å². The minimum atomic E-state index is 0.684. The molecule has 0 saturated carbocycles. The van der Waals surface area contributed by atoms with Gasteiger partial charge in [0.05, 0.1) is 17.8 Å². The third-order valence-corrected chi connectivity index (χ3v) is 4.05. The van der Waals surface area contributed by atoms with Crippen molar-refractivity contribution in [3.05, 3.63) is 65.9 Å². The predicted octanol–water partition coefficient (Wildman–Crippen LogP) is 3.79. The van der Waals surface area contributed by atoms with E-state index in [9.17, 15) is 0 Å². The van der Waals surface area contributed by atoms with Crippen LogP contribution in [0, 0.1) is 11.3 Å². The van der Waals surface area contributed by atoms with Gasteiger partial charge in [0, 0.05) is 16.5 Å². The molecule has 0 aliphatic rings. The Morgan fingerprint density at radius 2 is 1.85 bits per heavy atom. The van der Waals surface area contributed by atoms with Crippen LogP contribution in [0.4, 0.5) is 0 Å². The zero-order chi connectivity index (χ0) is 13.8. The molecule has 0 spiro atoms. The van der Waals surface area contributed by atoms with Crippen molar-refractivity contribution in [3.8, 4) is 6.07 Å². The lowest BCUT2D eigenvalue weighted by atomic mass is 10.2. The molecule has 4 heteroatoms. The van der Waals surface area contributed by atoms with Crippen molar-refractivity contribution in [1.82, 2.24) is 10.2 Å². The van der Waals surface area contributed by atoms with Crippen molar-refractivity contribution in [2.45, 2.75) is 10.8 Å². The van der Waals surface area contributed by atoms with Gasteiger partial charge in [0.2, 0.25) is 0 Å². The van der Waals surface area contributed by atoms with Gasteiger partial charge in [-0.25, -0.2) is 0 Å². The van der Waals surface area contributed by atoms with E-state index in [0.717, 1.165) is 21.6 Å². The number of thioether (sulfide) groups is 1. The highest BCUT2D eigenvalue weighted by molar-refractivity contribution is 7.98. The fourth-order valence-electron chi connectivity index (χ4n) is 1.94. The molecular formula is C16H11N3S. The van der Waals surface area contributed by atoms with E-state index in [1.807, 2.05) is 42.5 Å². The maximum Gasteiger partial charge on any atom is 0.127 e. The molecule has 0 radical (unpaired) electrons. The van der Waals surface area contributed by atoms with Gasteiger partial charge in [-0.3, -0.25) is 0 Å². The molecule has 0 atom stereocenters. The third kappa shape index (κ3) is 2.63. The summed E-state index contributed by atoms with van der Waals surface area (Å²) in [4.78, 5) is 0. The molecule has 0 unspecified atom stereocenters. The largest absolute Gasteiger partial charge is 0.192 e. The fourth-order valence-corrected chi connectivity index (χ4v) is 2.88. The molecule has 20 heavy (non-hydrogen) atoms. The second kappa shape index (κ2) is 5.72. The summed E-state index contributed by atoms with van der Waals surface area (Å²) >= 11 is 1.66. The lowest BCUT2D eigenvalue weighted by Crippen LogP contribution is -1.88. The van der Waals surface area contributed by atoms with Crippen LogP contribution in [-0.4, -0.2) is 10.2 Å². The quantitative estimate of drug-likeness (QED) is 0.683. The highest BCUT2D eigenvalue weighted by atomic mass is 32.2. The summed E-state index contributed by atoms with van der Waals surface area (Å²) in [7, 11) is 0. The van der Waals surface area contributed by atoms with Crippen LogP contribution < -0.4 is 0 Å². The van der Waals surface area contributed by atoms with Crippen LogP contribution in [-0.2, 0) is 5.75 Å². The second-order valence-electron chi connectivity index (χ2n) is 4.33. The molecule has 0 amide bonds. The van der Waals surface area contributed by atoms with E-state index in [1.165, 1.54) is 5.56 Å². The van der Waals surface area contributed by atoms with Crippen molar-refractivity contribution < 1.29 is 0 Å². The number of nitrogens with zero attached hydrogens (tertiary/aromatic N) is 3. The van der Waals surface area contributed by atoms with Gasteiger partial charge in [0.15, 0.2) is 0 Å². The molecule has 0 saturated heterocycles. The average molecular weight is 277 g/mol. The maximum atomic E-state index is 8.78. The van der Waals surface area contributed by atoms with Crippen LogP contribution in [0.2, 0.25) is 0 Å². The van der Waals surface area contributed by atoms with Crippen LogP contribution >= 0.6 is 11.8 Å². The molecule has 0 aliphatic heterocycles. The molecule has 3 aromatic rings. The Morgan fingerprint density at radius 1 is 1.05 bits per heavy atom. The first-order valence-electron chi connectivity index (χ1n) is 6.19. The summed E-state index contributed by atoms with van der Waals surface area (Å²) in [6, 6.07) is 17.9. The smallest absolute Gasteiger partial charge is 0.127 e. The van der Waals surface area contributed by atoms with Gasteiger partial charge >= 0.3 is 0 Å². The number of hydrogen-bond donors (Lipinski definition) is 0. The number of nitriles is 1. The van der Waals surface area contributed by atoms with E-state index in [1.54, 1.807) is 18.0 Å². The fraction of sp³-hybridized carbons (Fsp3) is 0.0625. The molecule has 2 aromatic carbocycles. The molecule has 0 aliphatic carbocycles. The molecule has 3 nitrogen and oxygen atoms in total. The first kappa shape index (κ1) is 12.6. The van der Waals surface area contributed by atoms with E-state index < -0.39 is 0 Å². The Kier molecular flexibility index (Phi) is 3.62. The minimum absolute atomic E-state index is 0.684.